The molecule has 9 heteroatoms. The first-order valence-corrected chi connectivity index (χ1v) is 11.7. The van der Waals surface area contributed by atoms with Crippen LogP contribution in [0.5, 0.6) is 0 Å². The first-order chi connectivity index (χ1) is 15.5. The second-order valence-corrected chi connectivity index (χ2v) is 9.97. The van der Waals surface area contributed by atoms with Crippen molar-refractivity contribution in [1.29, 1.82) is 0 Å². The van der Waals surface area contributed by atoms with Gasteiger partial charge in [0, 0.05) is 27.5 Å². The molecular weight excluding hydrogens is 471 g/mol. The average Bonchev–Trinajstić information content (AvgIpc) is 3.28. The van der Waals surface area contributed by atoms with E-state index in [1.54, 1.807) is 30.5 Å². The summed E-state index contributed by atoms with van der Waals surface area (Å²) in [4.78, 5) is 14.4. The van der Waals surface area contributed by atoms with Crippen LogP contribution in [0.1, 0.15) is 56.0 Å². The Bertz CT molecular complexity index is 1240. The fourth-order valence-corrected chi connectivity index (χ4v) is 5.54. The largest absolute Gasteiger partial charge is 0.417 e. The lowest BCUT2D eigenvalue weighted by Crippen LogP contribution is -2.16. The Labute approximate surface area is 199 Å². The topological polar surface area (TPSA) is 46.4 Å². The molecule has 0 radical (unpaired) electrons. The maximum absolute atomic E-state index is 13.3. The van der Waals surface area contributed by atoms with Gasteiger partial charge in [0.25, 0.3) is 5.91 Å². The lowest BCUT2D eigenvalue weighted by molar-refractivity contribution is -0.137. The Hall–Kier alpha value is -2.58. The third-order valence-electron chi connectivity index (χ3n) is 5.91. The summed E-state index contributed by atoms with van der Waals surface area (Å²) in [5.74, 6) is 0.365. The number of hydrazone groups is 1. The zero-order chi connectivity index (χ0) is 23.9. The molecule has 1 aromatic carbocycles. The molecule has 0 aliphatic heterocycles. The third kappa shape index (κ3) is 4.87. The van der Waals surface area contributed by atoms with Crippen LogP contribution in [0.2, 0.25) is 5.02 Å². The summed E-state index contributed by atoms with van der Waals surface area (Å²) in [6.07, 6.45) is 0.0998. The molecule has 1 amide bonds. The van der Waals surface area contributed by atoms with E-state index in [0.717, 1.165) is 31.0 Å². The maximum Gasteiger partial charge on any atom is 0.417 e. The molecule has 1 unspecified atom stereocenters. The van der Waals surface area contributed by atoms with Gasteiger partial charge in [-0.25, -0.2) is 5.43 Å². The van der Waals surface area contributed by atoms with E-state index in [2.05, 4.69) is 17.5 Å². The van der Waals surface area contributed by atoms with Crippen LogP contribution in [0.25, 0.3) is 5.69 Å². The van der Waals surface area contributed by atoms with Crippen LogP contribution in [0.15, 0.2) is 35.4 Å². The average molecular weight is 494 g/mol. The number of carbonyl (C=O) groups excluding carboxylic acids is 1. The normalized spacial score (nSPS) is 16.3. The summed E-state index contributed by atoms with van der Waals surface area (Å²) in [6, 6.07) is 7.57. The van der Waals surface area contributed by atoms with Crippen LogP contribution in [0, 0.1) is 19.8 Å². The minimum atomic E-state index is -4.55. The molecule has 1 aliphatic carbocycles. The SMILES string of the molecule is Cc1cc(C=NNC(=O)c2cc3c(s2)CCC(C)C3)c(C)n1-c1ccc(Cl)c(C(F)(F)F)c1. The van der Waals surface area contributed by atoms with Gasteiger partial charge in [-0.15, -0.1) is 11.3 Å². The van der Waals surface area contributed by atoms with E-state index in [0.29, 0.717) is 27.7 Å². The molecule has 4 rings (SSSR count). The van der Waals surface area contributed by atoms with Crippen molar-refractivity contribution in [2.45, 2.75) is 46.2 Å². The van der Waals surface area contributed by atoms with Gasteiger partial charge in [-0.1, -0.05) is 18.5 Å². The maximum atomic E-state index is 13.3. The quantitative estimate of drug-likeness (QED) is 0.318. The van der Waals surface area contributed by atoms with E-state index in [4.69, 9.17) is 11.6 Å². The number of rotatable bonds is 4. The van der Waals surface area contributed by atoms with Crippen LogP contribution in [-0.4, -0.2) is 16.7 Å². The Morgan fingerprint density at radius 1 is 1.27 bits per heavy atom. The highest BCUT2D eigenvalue weighted by molar-refractivity contribution is 7.14. The van der Waals surface area contributed by atoms with E-state index >= 15 is 0 Å². The summed E-state index contributed by atoms with van der Waals surface area (Å²) >= 11 is 7.26. The number of hydrogen-bond donors (Lipinski definition) is 1. The Kier molecular flexibility index (Phi) is 6.42. The van der Waals surface area contributed by atoms with Crippen LogP contribution in [0.3, 0.4) is 0 Å². The molecule has 174 valence electrons. The zero-order valence-corrected chi connectivity index (χ0v) is 20.0. The summed E-state index contributed by atoms with van der Waals surface area (Å²) in [7, 11) is 0. The molecule has 1 atom stereocenters. The van der Waals surface area contributed by atoms with Gasteiger partial charge in [0.1, 0.15) is 0 Å². The van der Waals surface area contributed by atoms with Gasteiger partial charge < -0.3 is 4.57 Å². The van der Waals surface area contributed by atoms with Crippen molar-refractivity contribution in [2.24, 2.45) is 11.0 Å². The van der Waals surface area contributed by atoms with Crippen molar-refractivity contribution in [3.8, 4) is 5.69 Å². The van der Waals surface area contributed by atoms with Crippen molar-refractivity contribution in [3.63, 3.8) is 0 Å². The van der Waals surface area contributed by atoms with Crippen LogP contribution in [0.4, 0.5) is 13.2 Å². The van der Waals surface area contributed by atoms with Crippen molar-refractivity contribution >= 4 is 35.1 Å². The molecular formula is C24H23ClF3N3OS. The highest BCUT2D eigenvalue weighted by Crippen LogP contribution is 2.36. The molecule has 0 spiro atoms. The summed E-state index contributed by atoms with van der Waals surface area (Å²) in [5, 5.41) is 3.74. The van der Waals surface area contributed by atoms with E-state index in [9.17, 15) is 18.0 Å². The van der Waals surface area contributed by atoms with E-state index in [1.165, 1.54) is 34.1 Å². The number of alkyl halides is 3. The molecule has 2 heterocycles. The third-order valence-corrected chi connectivity index (χ3v) is 7.47. The summed E-state index contributed by atoms with van der Waals surface area (Å²) in [5.41, 5.74) is 5.40. The number of nitrogens with one attached hydrogen (secondary N) is 1. The lowest BCUT2D eigenvalue weighted by atomic mass is 9.90. The number of thiophene rings is 1. The van der Waals surface area contributed by atoms with Gasteiger partial charge in [-0.3, -0.25) is 4.79 Å². The predicted molar refractivity (Wildman–Crippen MR) is 126 cm³/mol. The highest BCUT2D eigenvalue weighted by Gasteiger charge is 2.33. The van der Waals surface area contributed by atoms with Gasteiger partial charge in [0.2, 0.25) is 0 Å². The van der Waals surface area contributed by atoms with Gasteiger partial charge >= 0.3 is 6.18 Å². The molecule has 0 fully saturated rings. The molecule has 1 aliphatic rings. The standard InChI is InChI=1S/C24H23ClF3N3OS/c1-13-4-7-21-16(8-13)10-22(33-21)23(32)30-29-12-17-9-14(2)31(15(17)3)18-5-6-20(25)19(11-18)24(26,27)28/h5-6,9-13H,4,7-8H2,1-3H3,(H,30,32). The van der Waals surface area contributed by atoms with Crippen molar-refractivity contribution < 1.29 is 18.0 Å². The molecule has 33 heavy (non-hydrogen) atoms. The van der Waals surface area contributed by atoms with E-state index < -0.39 is 11.7 Å². The zero-order valence-electron chi connectivity index (χ0n) is 18.4. The fraction of sp³-hybridized carbons (Fsp3) is 0.333. The number of hydrogen-bond acceptors (Lipinski definition) is 3. The second kappa shape index (κ2) is 8.99. The van der Waals surface area contributed by atoms with Crippen LogP contribution in [-0.2, 0) is 19.0 Å². The summed E-state index contributed by atoms with van der Waals surface area (Å²) < 4.78 is 41.5. The first kappa shape index (κ1) is 23.6. The predicted octanol–water partition coefficient (Wildman–Crippen LogP) is 6.72. The second-order valence-electron chi connectivity index (χ2n) is 8.43. The van der Waals surface area contributed by atoms with Crippen molar-refractivity contribution in [2.75, 3.05) is 0 Å². The molecule has 0 saturated heterocycles. The number of aromatic nitrogens is 1. The minimum absolute atomic E-state index is 0.264. The number of aryl methyl sites for hydroxylation is 2. The molecule has 0 saturated carbocycles. The van der Waals surface area contributed by atoms with E-state index in [-0.39, 0.29) is 10.9 Å². The van der Waals surface area contributed by atoms with Crippen molar-refractivity contribution in [1.82, 2.24) is 9.99 Å². The smallest absolute Gasteiger partial charge is 0.318 e. The van der Waals surface area contributed by atoms with E-state index in [1.807, 2.05) is 6.07 Å². The number of fused-ring (bicyclic) bond motifs is 1. The molecule has 4 nitrogen and oxygen atoms in total. The van der Waals surface area contributed by atoms with Gasteiger partial charge in [-0.2, -0.15) is 18.3 Å². The Balaban J connectivity index is 1.53. The molecule has 1 N–H and O–H groups in total. The van der Waals surface area contributed by atoms with Gasteiger partial charge in [0.15, 0.2) is 0 Å². The minimum Gasteiger partial charge on any atom is -0.318 e. The molecule has 0 bridgehead atoms. The number of nitrogens with zero attached hydrogens (tertiary/aromatic N) is 2. The summed E-state index contributed by atoms with van der Waals surface area (Å²) in [6.45, 7) is 5.80. The number of benzene rings is 1. The monoisotopic (exact) mass is 493 g/mol. The van der Waals surface area contributed by atoms with Crippen molar-refractivity contribution in [3.05, 3.63) is 73.2 Å². The van der Waals surface area contributed by atoms with Gasteiger partial charge in [0.05, 0.1) is 21.7 Å². The lowest BCUT2D eigenvalue weighted by Gasteiger charge is -2.16. The Morgan fingerprint density at radius 3 is 2.76 bits per heavy atom. The molecule has 2 aromatic heterocycles. The Morgan fingerprint density at radius 2 is 2.03 bits per heavy atom. The fourth-order valence-electron chi connectivity index (χ4n) is 4.22. The molecule has 3 aromatic rings. The van der Waals surface area contributed by atoms with Crippen LogP contribution >= 0.6 is 22.9 Å². The number of halogens is 4. The number of amides is 1. The van der Waals surface area contributed by atoms with Gasteiger partial charge in [-0.05, 0) is 74.9 Å². The number of carbonyl (C=O) groups is 1. The highest BCUT2D eigenvalue weighted by atomic mass is 35.5. The van der Waals surface area contributed by atoms with Crippen LogP contribution < -0.4 is 5.43 Å². The first-order valence-electron chi connectivity index (χ1n) is 10.6.